The van der Waals surface area contributed by atoms with Gasteiger partial charge in [-0.15, -0.1) is 0 Å². The van der Waals surface area contributed by atoms with Crippen LogP contribution in [0.15, 0.2) is 12.7 Å². The van der Waals surface area contributed by atoms with Crippen LogP contribution in [0.2, 0.25) is 0 Å². The highest BCUT2D eigenvalue weighted by atomic mass is 16.5. The van der Waals surface area contributed by atoms with Crippen molar-refractivity contribution in [2.75, 3.05) is 6.61 Å². The lowest BCUT2D eigenvalue weighted by Gasteiger charge is -2.11. The van der Waals surface area contributed by atoms with Crippen LogP contribution in [0.3, 0.4) is 0 Å². The summed E-state index contributed by atoms with van der Waals surface area (Å²) >= 11 is 0. The number of hydrogen-bond acceptors (Lipinski definition) is 2. The molecule has 2 nitrogen and oxygen atoms in total. The van der Waals surface area contributed by atoms with Crippen LogP contribution in [0.1, 0.15) is 52.4 Å². The lowest BCUT2D eigenvalue weighted by atomic mass is 9.96. The van der Waals surface area contributed by atoms with Crippen molar-refractivity contribution in [3.63, 3.8) is 0 Å². The van der Waals surface area contributed by atoms with Crippen molar-refractivity contribution in [1.29, 1.82) is 0 Å². The van der Waals surface area contributed by atoms with Crippen LogP contribution in [0.5, 0.6) is 0 Å². The van der Waals surface area contributed by atoms with Gasteiger partial charge < -0.3 is 4.74 Å². The van der Waals surface area contributed by atoms with Crippen molar-refractivity contribution < 1.29 is 9.53 Å². The van der Waals surface area contributed by atoms with Gasteiger partial charge in [-0.3, -0.25) is 0 Å². The smallest absolute Gasteiger partial charge is 0.330 e. The van der Waals surface area contributed by atoms with Gasteiger partial charge in [0.1, 0.15) is 0 Å². The normalized spacial score (nSPS) is 10.3. The first kappa shape index (κ1) is 14.2. The molecule has 0 bridgehead atoms. The first-order chi connectivity index (χ1) is 7.24. The maximum atomic E-state index is 10.7. The van der Waals surface area contributed by atoms with Gasteiger partial charge in [0, 0.05) is 6.08 Å². The number of hydrogen-bond donors (Lipinski definition) is 0. The molecular weight excluding hydrogens is 188 g/mol. The Labute approximate surface area is 93.7 Å². The minimum Gasteiger partial charge on any atom is -0.463 e. The topological polar surface area (TPSA) is 26.3 Å². The van der Waals surface area contributed by atoms with E-state index in [1.807, 2.05) is 0 Å². The molecule has 15 heavy (non-hydrogen) atoms. The maximum Gasteiger partial charge on any atom is 0.330 e. The van der Waals surface area contributed by atoms with E-state index in [-0.39, 0.29) is 5.97 Å². The molecule has 0 aromatic carbocycles. The van der Waals surface area contributed by atoms with E-state index in [1.54, 1.807) is 0 Å². The van der Waals surface area contributed by atoms with Crippen LogP contribution in [0, 0.1) is 5.92 Å². The van der Waals surface area contributed by atoms with Gasteiger partial charge in [0.2, 0.25) is 0 Å². The van der Waals surface area contributed by atoms with Crippen LogP contribution in [0.25, 0.3) is 0 Å². The van der Waals surface area contributed by atoms with E-state index in [2.05, 4.69) is 20.4 Å². The Morgan fingerprint density at radius 3 is 2.47 bits per heavy atom. The summed E-state index contributed by atoms with van der Waals surface area (Å²) in [5.41, 5.74) is 0. The average Bonchev–Trinajstić information content (AvgIpc) is 2.28. The number of esters is 1. The highest BCUT2D eigenvalue weighted by Gasteiger charge is 2.02. The van der Waals surface area contributed by atoms with Gasteiger partial charge in [-0.25, -0.2) is 4.79 Å². The van der Waals surface area contributed by atoms with E-state index in [0.717, 1.165) is 18.8 Å². The van der Waals surface area contributed by atoms with Crippen LogP contribution in [-0.4, -0.2) is 12.6 Å². The van der Waals surface area contributed by atoms with Crippen LogP contribution >= 0.6 is 0 Å². The van der Waals surface area contributed by atoms with Gasteiger partial charge in [-0.2, -0.15) is 0 Å². The largest absolute Gasteiger partial charge is 0.463 e. The Hall–Kier alpha value is -0.790. The third-order valence-corrected chi connectivity index (χ3v) is 2.82. The molecule has 0 radical (unpaired) electrons. The molecule has 0 saturated carbocycles. The molecule has 0 aliphatic rings. The number of rotatable bonds is 9. The van der Waals surface area contributed by atoms with E-state index in [1.165, 1.54) is 31.8 Å². The molecule has 0 unspecified atom stereocenters. The molecule has 88 valence electrons. The van der Waals surface area contributed by atoms with Gasteiger partial charge in [0.05, 0.1) is 6.61 Å². The van der Waals surface area contributed by atoms with Crippen molar-refractivity contribution in [3.8, 4) is 0 Å². The van der Waals surface area contributed by atoms with Crippen molar-refractivity contribution in [2.24, 2.45) is 5.92 Å². The van der Waals surface area contributed by atoms with E-state index < -0.39 is 0 Å². The Balaban J connectivity index is 3.24. The predicted octanol–water partition coefficient (Wildman–Crippen LogP) is 3.71. The van der Waals surface area contributed by atoms with Gasteiger partial charge in [-0.05, 0) is 12.3 Å². The van der Waals surface area contributed by atoms with Crippen LogP contribution < -0.4 is 0 Å². The summed E-state index contributed by atoms with van der Waals surface area (Å²) in [5, 5.41) is 0. The van der Waals surface area contributed by atoms with Crippen molar-refractivity contribution in [3.05, 3.63) is 12.7 Å². The monoisotopic (exact) mass is 212 g/mol. The summed E-state index contributed by atoms with van der Waals surface area (Å²) in [6, 6.07) is 0. The van der Waals surface area contributed by atoms with E-state index in [0.29, 0.717) is 6.61 Å². The number of carbonyl (C=O) groups excluding carboxylic acids is 1. The summed E-state index contributed by atoms with van der Waals surface area (Å²) in [6.07, 6.45) is 8.45. The fraction of sp³-hybridized carbons (Fsp3) is 0.769. The highest BCUT2D eigenvalue weighted by molar-refractivity contribution is 5.81. The first-order valence-electron chi connectivity index (χ1n) is 6.03. The minimum atomic E-state index is -0.310. The lowest BCUT2D eigenvalue weighted by molar-refractivity contribution is -0.137. The fourth-order valence-electron chi connectivity index (χ4n) is 1.64. The summed E-state index contributed by atoms with van der Waals surface area (Å²) in [5.74, 6) is 0.565. The molecule has 0 amide bonds. The standard InChI is InChI=1S/C13H24O2/c1-4-12(5-2)10-8-7-9-11-15-13(14)6-3/h6,12H,3-5,7-11H2,1-2H3. The lowest BCUT2D eigenvalue weighted by Crippen LogP contribution is -2.02. The Morgan fingerprint density at radius 2 is 1.93 bits per heavy atom. The Morgan fingerprint density at radius 1 is 1.27 bits per heavy atom. The summed E-state index contributed by atoms with van der Waals surface area (Å²) in [6.45, 7) is 8.38. The SMILES string of the molecule is C=CC(=O)OCCCCCC(CC)CC. The third kappa shape index (κ3) is 8.22. The second-order valence-electron chi connectivity index (χ2n) is 3.90. The molecule has 0 aromatic rings. The molecule has 0 rings (SSSR count). The van der Waals surface area contributed by atoms with E-state index in [4.69, 9.17) is 4.74 Å². The average molecular weight is 212 g/mol. The third-order valence-electron chi connectivity index (χ3n) is 2.82. The highest BCUT2D eigenvalue weighted by Crippen LogP contribution is 2.16. The second kappa shape index (κ2) is 9.75. The summed E-state index contributed by atoms with van der Waals surface area (Å²) < 4.78 is 4.89. The second-order valence-corrected chi connectivity index (χ2v) is 3.90. The fourth-order valence-corrected chi connectivity index (χ4v) is 1.64. The zero-order chi connectivity index (χ0) is 11.5. The minimum absolute atomic E-state index is 0.310. The van der Waals surface area contributed by atoms with Gasteiger partial charge >= 0.3 is 5.97 Å². The molecule has 0 aliphatic heterocycles. The molecular formula is C13H24O2. The zero-order valence-electron chi connectivity index (χ0n) is 10.1. The molecule has 0 spiro atoms. The quantitative estimate of drug-likeness (QED) is 0.331. The Kier molecular flexibility index (Phi) is 9.24. The molecule has 0 N–H and O–H groups in total. The first-order valence-corrected chi connectivity index (χ1v) is 6.03. The van der Waals surface area contributed by atoms with E-state index in [9.17, 15) is 4.79 Å². The zero-order valence-corrected chi connectivity index (χ0v) is 10.1. The summed E-state index contributed by atoms with van der Waals surface area (Å²) in [4.78, 5) is 10.7. The van der Waals surface area contributed by atoms with Crippen LogP contribution in [-0.2, 0) is 9.53 Å². The molecule has 0 fully saturated rings. The predicted molar refractivity (Wildman–Crippen MR) is 63.7 cm³/mol. The maximum absolute atomic E-state index is 10.7. The number of unbranched alkanes of at least 4 members (excludes halogenated alkanes) is 2. The van der Waals surface area contributed by atoms with Crippen molar-refractivity contribution in [1.82, 2.24) is 0 Å². The number of carbonyl (C=O) groups is 1. The molecule has 0 aliphatic carbocycles. The van der Waals surface area contributed by atoms with Crippen LogP contribution in [0.4, 0.5) is 0 Å². The molecule has 0 aromatic heterocycles. The van der Waals surface area contributed by atoms with Gasteiger partial charge in [0.15, 0.2) is 0 Å². The van der Waals surface area contributed by atoms with Crippen molar-refractivity contribution in [2.45, 2.75) is 52.4 Å². The van der Waals surface area contributed by atoms with Gasteiger partial charge in [0.25, 0.3) is 0 Å². The molecule has 0 heterocycles. The van der Waals surface area contributed by atoms with Gasteiger partial charge in [-0.1, -0.05) is 52.5 Å². The van der Waals surface area contributed by atoms with Crippen molar-refractivity contribution >= 4 is 5.97 Å². The summed E-state index contributed by atoms with van der Waals surface area (Å²) in [7, 11) is 0. The Bertz CT molecular complexity index is 171. The van der Waals surface area contributed by atoms with E-state index >= 15 is 0 Å². The molecule has 2 heteroatoms. The number of ether oxygens (including phenoxy) is 1. The molecule has 0 saturated heterocycles. The molecule has 0 atom stereocenters.